The van der Waals surface area contributed by atoms with E-state index in [0.29, 0.717) is 11.3 Å². The van der Waals surface area contributed by atoms with E-state index in [0.717, 1.165) is 12.8 Å². The van der Waals surface area contributed by atoms with E-state index >= 15 is 0 Å². The number of unbranched alkanes of at least 4 members (excludes halogenated alkanes) is 6. The molecule has 0 aliphatic carbocycles. The Morgan fingerprint density at radius 3 is 2.38 bits per heavy atom. The van der Waals surface area contributed by atoms with Crippen LogP contribution in [0.25, 0.3) is 0 Å². The zero-order chi connectivity index (χ0) is 15.5. The molecule has 0 fully saturated rings. The summed E-state index contributed by atoms with van der Waals surface area (Å²) in [4.78, 5) is 0. The van der Waals surface area contributed by atoms with Crippen LogP contribution >= 0.6 is 0 Å². The van der Waals surface area contributed by atoms with Gasteiger partial charge in [-0.1, -0.05) is 57.9 Å². The topological polar surface area (TPSA) is 47.3 Å². The van der Waals surface area contributed by atoms with E-state index in [1.165, 1.54) is 51.7 Å². The Morgan fingerprint density at radius 1 is 1.14 bits per heavy atom. The summed E-state index contributed by atoms with van der Waals surface area (Å²) in [7, 11) is 1.53. The van der Waals surface area contributed by atoms with Crippen molar-refractivity contribution in [3.05, 3.63) is 29.6 Å². The van der Waals surface area contributed by atoms with Gasteiger partial charge in [0, 0.05) is 17.7 Å². The predicted molar refractivity (Wildman–Crippen MR) is 85.6 cm³/mol. The quantitative estimate of drug-likeness (QED) is 0.359. The third-order valence-electron chi connectivity index (χ3n) is 3.88. The first-order valence-electron chi connectivity index (χ1n) is 8.02. The lowest BCUT2D eigenvalue weighted by Gasteiger charge is -2.17. The summed E-state index contributed by atoms with van der Waals surface area (Å²) in [5.41, 5.74) is 3.34. The van der Waals surface area contributed by atoms with Crippen LogP contribution in [0.4, 0.5) is 4.39 Å². The molecule has 0 spiro atoms. The number of hydrogen-bond donors (Lipinski definition) is 2. The van der Waals surface area contributed by atoms with Gasteiger partial charge in [-0.3, -0.25) is 11.3 Å². The molecule has 21 heavy (non-hydrogen) atoms. The highest BCUT2D eigenvalue weighted by Gasteiger charge is 2.14. The van der Waals surface area contributed by atoms with Crippen LogP contribution in [0.5, 0.6) is 5.75 Å². The van der Waals surface area contributed by atoms with Gasteiger partial charge in [0.05, 0.1) is 7.11 Å². The highest BCUT2D eigenvalue weighted by molar-refractivity contribution is 5.30. The number of methoxy groups -OCH3 is 1. The van der Waals surface area contributed by atoms with Gasteiger partial charge in [-0.25, -0.2) is 4.39 Å². The second-order valence-corrected chi connectivity index (χ2v) is 5.52. The Hall–Kier alpha value is -1.13. The maximum Gasteiger partial charge on any atom is 0.131 e. The van der Waals surface area contributed by atoms with Gasteiger partial charge in [0.2, 0.25) is 0 Å². The first-order chi connectivity index (χ1) is 10.2. The van der Waals surface area contributed by atoms with Crippen LogP contribution in [0.15, 0.2) is 18.2 Å². The number of hydrogen-bond acceptors (Lipinski definition) is 3. The molecule has 0 radical (unpaired) electrons. The molecule has 0 aliphatic heterocycles. The Balaban J connectivity index is 2.37. The molecule has 4 heteroatoms. The highest BCUT2D eigenvalue weighted by atomic mass is 19.1. The Bertz CT molecular complexity index is 398. The predicted octanol–water partition coefficient (Wildman–Crippen LogP) is 4.48. The minimum Gasteiger partial charge on any atom is -0.497 e. The van der Waals surface area contributed by atoms with Crippen LogP contribution in [-0.2, 0) is 0 Å². The molecule has 120 valence electrons. The molecule has 0 aromatic heterocycles. The third-order valence-corrected chi connectivity index (χ3v) is 3.88. The van der Waals surface area contributed by atoms with Gasteiger partial charge in [-0.2, -0.15) is 0 Å². The van der Waals surface area contributed by atoms with Crippen LogP contribution in [0.2, 0.25) is 0 Å². The van der Waals surface area contributed by atoms with Gasteiger partial charge in [-0.15, -0.1) is 0 Å². The van der Waals surface area contributed by atoms with Crippen molar-refractivity contribution in [2.45, 2.75) is 64.3 Å². The van der Waals surface area contributed by atoms with Gasteiger partial charge < -0.3 is 4.74 Å². The number of halogens is 1. The van der Waals surface area contributed by atoms with E-state index < -0.39 is 0 Å². The zero-order valence-corrected chi connectivity index (χ0v) is 13.3. The van der Waals surface area contributed by atoms with Gasteiger partial charge in [0.25, 0.3) is 0 Å². The summed E-state index contributed by atoms with van der Waals surface area (Å²) in [6.45, 7) is 2.22. The zero-order valence-electron chi connectivity index (χ0n) is 13.3. The van der Waals surface area contributed by atoms with Crippen molar-refractivity contribution >= 4 is 0 Å². The Labute approximate surface area is 128 Å². The maximum absolute atomic E-state index is 14.0. The van der Waals surface area contributed by atoms with Crippen LogP contribution in [0.1, 0.15) is 69.9 Å². The fraction of sp³-hybridized carbons (Fsp3) is 0.647. The van der Waals surface area contributed by atoms with Crippen LogP contribution < -0.4 is 16.0 Å². The van der Waals surface area contributed by atoms with Crippen molar-refractivity contribution in [3.8, 4) is 5.75 Å². The second-order valence-electron chi connectivity index (χ2n) is 5.52. The molecular formula is C17H29FN2O. The molecule has 0 bridgehead atoms. The standard InChI is InChI=1S/C17H29FN2O/c1-3-4-5-6-7-8-9-10-17(20-19)15-12-11-14(21-2)13-16(15)18/h11-13,17,20H,3-10,19H2,1-2H3. The molecule has 1 unspecified atom stereocenters. The number of ether oxygens (including phenoxy) is 1. The average molecular weight is 296 g/mol. The smallest absolute Gasteiger partial charge is 0.131 e. The fourth-order valence-corrected chi connectivity index (χ4v) is 2.55. The SMILES string of the molecule is CCCCCCCCCC(NN)c1ccc(OC)cc1F. The van der Waals surface area contributed by atoms with E-state index in [-0.39, 0.29) is 11.9 Å². The number of rotatable bonds is 11. The summed E-state index contributed by atoms with van der Waals surface area (Å²) in [5, 5.41) is 0. The second kappa shape index (κ2) is 10.6. The monoisotopic (exact) mass is 296 g/mol. The van der Waals surface area contributed by atoms with E-state index in [4.69, 9.17) is 10.6 Å². The molecule has 3 N–H and O–H groups in total. The van der Waals surface area contributed by atoms with Crippen molar-refractivity contribution in [2.24, 2.45) is 5.84 Å². The summed E-state index contributed by atoms with van der Waals surface area (Å²) < 4.78 is 19.0. The molecule has 0 heterocycles. The Morgan fingerprint density at radius 2 is 1.81 bits per heavy atom. The normalized spacial score (nSPS) is 12.4. The average Bonchev–Trinajstić information content (AvgIpc) is 2.50. The highest BCUT2D eigenvalue weighted by Crippen LogP contribution is 2.25. The molecule has 1 rings (SSSR count). The molecule has 3 nitrogen and oxygen atoms in total. The van der Waals surface area contributed by atoms with E-state index in [2.05, 4.69) is 12.3 Å². The lowest BCUT2D eigenvalue weighted by molar-refractivity contribution is 0.407. The number of benzene rings is 1. The van der Waals surface area contributed by atoms with E-state index in [1.54, 1.807) is 12.1 Å². The molecule has 1 aromatic carbocycles. The van der Waals surface area contributed by atoms with Gasteiger partial charge in [-0.05, 0) is 12.5 Å². The summed E-state index contributed by atoms with van der Waals surface area (Å²) in [6, 6.07) is 4.80. The lowest BCUT2D eigenvalue weighted by Crippen LogP contribution is -2.28. The van der Waals surface area contributed by atoms with E-state index in [9.17, 15) is 4.39 Å². The number of nitrogens with one attached hydrogen (secondary N) is 1. The van der Waals surface area contributed by atoms with Crippen LogP contribution in [0.3, 0.4) is 0 Å². The third kappa shape index (κ3) is 6.44. The number of nitrogens with two attached hydrogens (primary N) is 1. The Kier molecular flexibility index (Phi) is 9.02. The summed E-state index contributed by atoms with van der Waals surface area (Å²) >= 11 is 0. The van der Waals surface area contributed by atoms with Gasteiger partial charge in [0.1, 0.15) is 11.6 Å². The maximum atomic E-state index is 14.0. The summed E-state index contributed by atoms with van der Waals surface area (Å²) in [6.07, 6.45) is 9.57. The van der Waals surface area contributed by atoms with Crippen LogP contribution in [-0.4, -0.2) is 7.11 Å². The van der Waals surface area contributed by atoms with Crippen molar-refractivity contribution < 1.29 is 9.13 Å². The molecule has 1 aromatic rings. The molecular weight excluding hydrogens is 267 g/mol. The molecule has 0 saturated carbocycles. The molecule has 1 atom stereocenters. The summed E-state index contributed by atoms with van der Waals surface area (Å²) in [5.74, 6) is 5.84. The molecule has 0 aliphatic rings. The fourth-order valence-electron chi connectivity index (χ4n) is 2.55. The molecule has 0 saturated heterocycles. The van der Waals surface area contributed by atoms with Crippen molar-refractivity contribution in [1.82, 2.24) is 5.43 Å². The van der Waals surface area contributed by atoms with Crippen molar-refractivity contribution in [1.29, 1.82) is 0 Å². The lowest BCUT2D eigenvalue weighted by atomic mass is 9.99. The van der Waals surface area contributed by atoms with Gasteiger partial charge >= 0.3 is 0 Å². The molecule has 0 amide bonds. The first kappa shape index (κ1) is 17.9. The first-order valence-corrected chi connectivity index (χ1v) is 8.02. The minimum absolute atomic E-state index is 0.133. The van der Waals surface area contributed by atoms with Crippen molar-refractivity contribution in [3.63, 3.8) is 0 Å². The minimum atomic E-state index is -0.264. The van der Waals surface area contributed by atoms with Gasteiger partial charge in [0.15, 0.2) is 0 Å². The van der Waals surface area contributed by atoms with E-state index in [1.807, 2.05) is 0 Å². The van der Waals surface area contributed by atoms with Crippen molar-refractivity contribution in [2.75, 3.05) is 7.11 Å². The number of hydrazine groups is 1. The van der Waals surface area contributed by atoms with Crippen LogP contribution in [0, 0.1) is 5.82 Å². The largest absolute Gasteiger partial charge is 0.497 e.